The van der Waals surface area contributed by atoms with Gasteiger partial charge in [-0.3, -0.25) is 0 Å². The van der Waals surface area contributed by atoms with Crippen LogP contribution in [0.3, 0.4) is 0 Å². The standard InChI is InChI=1S/C13H13F3N2O/c14-13(15,16)12-3-2-11(8-10(12)9-17)18-4-1-6-19-7-5-18/h2-3,8H,1,4-7H2. The molecule has 1 saturated heterocycles. The van der Waals surface area contributed by atoms with Gasteiger partial charge in [-0.05, 0) is 24.6 Å². The van der Waals surface area contributed by atoms with E-state index in [1.807, 2.05) is 4.90 Å². The largest absolute Gasteiger partial charge is 0.417 e. The van der Waals surface area contributed by atoms with Crippen molar-refractivity contribution in [3.05, 3.63) is 29.3 Å². The van der Waals surface area contributed by atoms with Crippen LogP contribution >= 0.6 is 0 Å². The van der Waals surface area contributed by atoms with Crippen LogP contribution in [0.1, 0.15) is 17.5 Å². The number of alkyl halides is 3. The number of ether oxygens (including phenoxy) is 1. The molecule has 1 aromatic carbocycles. The summed E-state index contributed by atoms with van der Waals surface area (Å²) in [5.41, 5.74) is -0.588. The van der Waals surface area contributed by atoms with E-state index in [0.29, 0.717) is 25.4 Å². The van der Waals surface area contributed by atoms with Crippen LogP contribution in [0.2, 0.25) is 0 Å². The Labute approximate surface area is 109 Å². The first-order valence-corrected chi connectivity index (χ1v) is 5.96. The first-order chi connectivity index (χ1) is 9.02. The molecule has 0 radical (unpaired) electrons. The third-order valence-corrected chi connectivity index (χ3v) is 3.02. The van der Waals surface area contributed by atoms with E-state index in [0.717, 1.165) is 19.0 Å². The fraction of sp³-hybridized carbons (Fsp3) is 0.462. The van der Waals surface area contributed by atoms with Crippen molar-refractivity contribution in [2.24, 2.45) is 0 Å². The Bertz CT molecular complexity index is 486. The Balaban J connectivity index is 2.31. The number of benzene rings is 1. The highest BCUT2D eigenvalue weighted by Gasteiger charge is 2.33. The lowest BCUT2D eigenvalue weighted by Crippen LogP contribution is -2.26. The summed E-state index contributed by atoms with van der Waals surface area (Å²) in [6, 6.07) is 5.30. The van der Waals surface area contributed by atoms with E-state index in [9.17, 15) is 13.2 Å². The molecule has 0 aliphatic carbocycles. The minimum atomic E-state index is -4.49. The first kappa shape index (κ1) is 13.7. The van der Waals surface area contributed by atoms with Crippen LogP contribution in [0.4, 0.5) is 18.9 Å². The summed E-state index contributed by atoms with van der Waals surface area (Å²) in [6.07, 6.45) is -3.67. The van der Waals surface area contributed by atoms with Gasteiger partial charge in [0.1, 0.15) is 0 Å². The molecule has 3 nitrogen and oxygen atoms in total. The second kappa shape index (κ2) is 5.49. The van der Waals surface area contributed by atoms with E-state index in [2.05, 4.69) is 0 Å². The molecule has 0 spiro atoms. The van der Waals surface area contributed by atoms with E-state index in [-0.39, 0.29) is 5.56 Å². The van der Waals surface area contributed by atoms with Gasteiger partial charge in [-0.1, -0.05) is 0 Å². The Morgan fingerprint density at radius 1 is 1.21 bits per heavy atom. The van der Waals surface area contributed by atoms with Crippen molar-refractivity contribution in [3.8, 4) is 6.07 Å². The summed E-state index contributed by atoms with van der Waals surface area (Å²) in [6.45, 7) is 2.54. The summed E-state index contributed by atoms with van der Waals surface area (Å²) in [5.74, 6) is 0. The number of hydrogen-bond donors (Lipinski definition) is 0. The van der Waals surface area contributed by atoms with Gasteiger partial charge in [0.25, 0.3) is 0 Å². The van der Waals surface area contributed by atoms with Gasteiger partial charge < -0.3 is 9.64 Å². The molecule has 0 aromatic heterocycles. The number of halogens is 3. The monoisotopic (exact) mass is 270 g/mol. The maximum absolute atomic E-state index is 12.7. The van der Waals surface area contributed by atoms with E-state index in [1.165, 1.54) is 12.1 Å². The molecule has 19 heavy (non-hydrogen) atoms. The van der Waals surface area contributed by atoms with Crippen LogP contribution in [0.15, 0.2) is 18.2 Å². The average Bonchev–Trinajstić information content (AvgIpc) is 2.65. The van der Waals surface area contributed by atoms with E-state index >= 15 is 0 Å². The molecule has 6 heteroatoms. The van der Waals surface area contributed by atoms with Crippen molar-refractivity contribution >= 4 is 5.69 Å². The maximum atomic E-state index is 12.7. The normalized spacial score (nSPS) is 16.8. The molecule has 102 valence electrons. The number of hydrogen-bond acceptors (Lipinski definition) is 3. The SMILES string of the molecule is N#Cc1cc(N2CCCOCC2)ccc1C(F)(F)F. The molecular weight excluding hydrogens is 257 g/mol. The first-order valence-electron chi connectivity index (χ1n) is 5.96. The fourth-order valence-electron chi connectivity index (χ4n) is 2.07. The molecule has 1 aliphatic rings. The lowest BCUT2D eigenvalue weighted by molar-refractivity contribution is -0.137. The van der Waals surface area contributed by atoms with Gasteiger partial charge >= 0.3 is 6.18 Å². The van der Waals surface area contributed by atoms with Gasteiger partial charge in [0.2, 0.25) is 0 Å². The molecule has 0 bridgehead atoms. The minimum Gasteiger partial charge on any atom is -0.380 e. The van der Waals surface area contributed by atoms with Gasteiger partial charge in [0.05, 0.1) is 23.8 Å². The Morgan fingerprint density at radius 2 is 2.00 bits per heavy atom. The zero-order chi connectivity index (χ0) is 13.9. The molecule has 1 fully saturated rings. The summed E-state index contributed by atoms with van der Waals surface area (Å²) < 4.78 is 43.4. The molecule has 0 amide bonds. The van der Waals surface area contributed by atoms with Crippen LogP contribution in [0.25, 0.3) is 0 Å². The second-order valence-corrected chi connectivity index (χ2v) is 4.29. The van der Waals surface area contributed by atoms with Gasteiger partial charge in [0, 0.05) is 25.4 Å². The summed E-state index contributed by atoms with van der Waals surface area (Å²) >= 11 is 0. The van der Waals surface area contributed by atoms with Crippen LogP contribution in [0, 0.1) is 11.3 Å². The molecule has 0 atom stereocenters. The predicted molar refractivity (Wildman–Crippen MR) is 63.8 cm³/mol. The van der Waals surface area contributed by atoms with Crippen molar-refractivity contribution < 1.29 is 17.9 Å². The summed E-state index contributed by atoms with van der Waals surface area (Å²) in [5, 5.41) is 8.87. The van der Waals surface area contributed by atoms with Gasteiger partial charge in [-0.15, -0.1) is 0 Å². The fourth-order valence-corrected chi connectivity index (χ4v) is 2.07. The third-order valence-electron chi connectivity index (χ3n) is 3.02. The molecule has 2 rings (SSSR count). The maximum Gasteiger partial charge on any atom is 0.417 e. The highest BCUT2D eigenvalue weighted by atomic mass is 19.4. The summed E-state index contributed by atoms with van der Waals surface area (Å²) in [4.78, 5) is 1.94. The Hall–Kier alpha value is -1.74. The highest BCUT2D eigenvalue weighted by Crippen LogP contribution is 2.33. The molecule has 0 saturated carbocycles. The predicted octanol–water partition coefficient (Wildman–Crippen LogP) is 2.80. The van der Waals surface area contributed by atoms with E-state index < -0.39 is 11.7 Å². The van der Waals surface area contributed by atoms with Crippen molar-refractivity contribution in [2.75, 3.05) is 31.2 Å². The van der Waals surface area contributed by atoms with E-state index in [4.69, 9.17) is 10.00 Å². The lowest BCUT2D eigenvalue weighted by Gasteiger charge is -2.22. The molecule has 0 unspecified atom stereocenters. The van der Waals surface area contributed by atoms with Gasteiger partial charge in [0.15, 0.2) is 0 Å². The van der Waals surface area contributed by atoms with Crippen LogP contribution in [0.5, 0.6) is 0 Å². The third kappa shape index (κ3) is 3.18. The number of anilines is 1. The van der Waals surface area contributed by atoms with Crippen LogP contribution < -0.4 is 4.90 Å². The molecular formula is C13H13F3N2O. The topological polar surface area (TPSA) is 36.3 Å². The number of nitriles is 1. The Morgan fingerprint density at radius 3 is 2.68 bits per heavy atom. The lowest BCUT2D eigenvalue weighted by atomic mass is 10.1. The average molecular weight is 270 g/mol. The van der Waals surface area contributed by atoms with Gasteiger partial charge in [-0.25, -0.2) is 0 Å². The molecule has 1 heterocycles. The van der Waals surface area contributed by atoms with Crippen molar-refractivity contribution in [3.63, 3.8) is 0 Å². The number of nitrogens with zero attached hydrogens (tertiary/aromatic N) is 2. The minimum absolute atomic E-state index is 0.338. The summed E-state index contributed by atoms with van der Waals surface area (Å²) in [7, 11) is 0. The zero-order valence-electron chi connectivity index (χ0n) is 10.2. The zero-order valence-corrected chi connectivity index (χ0v) is 10.2. The van der Waals surface area contributed by atoms with E-state index in [1.54, 1.807) is 6.07 Å². The second-order valence-electron chi connectivity index (χ2n) is 4.29. The quantitative estimate of drug-likeness (QED) is 0.787. The highest BCUT2D eigenvalue weighted by molar-refractivity contribution is 5.55. The van der Waals surface area contributed by atoms with Crippen molar-refractivity contribution in [1.29, 1.82) is 5.26 Å². The molecule has 0 N–H and O–H groups in total. The van der Waals surface area contributed by atoms with Crippen LogP contribution in [-0.4, -0.2) is 26.3 Å². The molecule has 1 aromatic rings. The van der Waals surface area contributed by atoms with Gasteiger partial charge in [-0.2, -0.15) is 18.4 Å². The smallest absolute Gasteiger partial charge is 0.380 e. The Kier molecular flexibility index (Phi) is 3.96. The van der Waals surface area contributed by atoms with Crippen molar-refractivity contribution in [1.82, 2.24) is 0 Å². The van der Waals surface area contributed by atoms with Crippen molar-refractivity contribution in [2.45, 2.75) is 12.6 Å². The van der Waals surface area contributed by atoms with Crippen LogP contribution in [-0.2, 0) is 10.9 Å². The number of rotatable bonds is 1. The molecule has 1 aliphatic heterocycles.